The van der Waals surface area contributed by atoms with Gasteiger partial charge < -0.3 is 10.1 Å². The summed E-state index contributed by atoms with van der Waals surface area (Å²) in [5, 5.41) is 2.28. The number of Topliss-reactive ketones (excluding diaryl/α,β-unsaturated/α-hetero) is 1. The number of hydrogen-bond acceptors (Lipinski definition) is 3. The van der Waals surface area contributed by atoms with Crippen LogP contribution in [0, 0.1) is 11.6 Å². The van der Waals surface area contributed by atoms with Crippen molar-refractivity contribution in [2.75, 3.05) is 0 Å². The second-order valence-corrected chi connectivity index (χ2v) is 5.36. The molecule has 0 saturated heterocycles. The monoisotopic (exact) mass is 285 g/mol. The third-order valence-corrected chi connectivity index (χ3v) is 2.32. The van der Waals surface area contributed by atoms with Crippen molar-refractivity contribution in [2.24, 2.45) is 0 Å². The Morgan fingerprint density at radius 2 is 1.85 bits per heavy atom. The Bertz CT molecular complexity index is 524. The van der Waals surface area contributed by atoms with Crippen molar-refractivity contribution in [3.63, 3.8) is 0 Å². The Morgan fingerprint density at radius 3 is 2.40 bits per heavy atom. The number of ether oxygens (including phenoxy) is 1. The molecule has 1 rings (SSSR count). The van der Waals surface area contributed by atoms with Crippen LogP contribution in [0.3, 0.4) is 0 Å². The SMILES string of the molecule is CC(NC(=O)OC(C)(C)C)C(=O)c1cc(F)ccc1F. The average molecular weight is 285 g/mol. The minimum atomic E-state index is -1.03. The van der Waals surface area contributed by atoms with E-state index in [-0.39, 0.29) is 0 Å². The molecule has 1 atom stereocenters. The van der Waals surface area contributed by atoms with Crippen molar-refractivity contribution >= 4 is 11.9 Å². The fourth-order valence-corrected chi connectivity index (χ4v) is 1.47. The van der Waals surface area contributed by atoms with E-state index in [1.165, 1.54) is 6.92 Å². The van der Waals surface area contributed by atoms with E-state index in [9.17, 15) is 18.4 Å². The predicted molar refractivity (Wildman–Crippen MR) is 69.5 cm³/mol. The minimum absolute atomic E-state index is 0.409. The Hall–Kier alpha value is -1.98. The van der Waals surface area contributed by atoms with Gasteiger partial charge in [0, 0.05) is 0 Å². The van der Waals surface area contributed by atoms with Crippen LogP contribution >= 0.6 is 0 Å². The van der Waals surface area contributed by atoms with Gasteiger partial charge >= 0.3 is 6.09 Å². The van der Waals surface area contributed by atoms with E-state index in [4.69, 9.17) is 4.74 Å². The average Bonchev–Trinajstić information content (AvgIpc) is 2.28. The van der Waals surface area contributed by atoms with Crippen LogP contribution in [0.15, 0.2) is 18.2 Å². The van der Waals surface area contributed by atoms with Crippen molar-refractivity contribution in [1.82, 2.24) is 5.32 Å². The molecule has 0 aliphatic rings. The number of nitrogens with one attached hydrogen (secondary N) is 1. The first-order valence-corrected chi connectivity index (χ1v) is 6.09. The van der Waals surface area contributed by atoms with E-state index in [2.05, 4.69) is 5.32 Å². The number of benzene rings is 1. The van der Waals surface area contributed by atoms with E-state index >= 15 is 0 Å². The lowest BCUT2D eigenvalue weighted by Gasteiger charge is -2.21. The number of rotatable bonds is 3. The molecule has 4 nitrogen and oxygen atoms in total. The summed E-state index contributed by atoms with van der Waals surface area (Å²) in [6.07, 6.45) is -0.796. The van der Waals surface area contributed by atoms with E-state index in [1.807, 2.05) is 0 Å². The smallest absolute Gasteiger partial charge is 0.408 e. The Morgan fingerprint density at radius 1 is 1.25 bits per heavy atom. The number of ketones is 1. The molecule has 0 aromatic heterocycles. The Balaban J connectivity index is 2.77. The largest absolute Gasteiger partial charge is 0.444 e. The maximum Gasteiger partial charge on any atom is 0.408 e. The van der Waals surface area contributed by atoms with Gasteiger partial charge in [0.15, 0.2) is 5.78 Å². The van der Waals surface area contributed by atoms with Gasteiger partial charge in [-0.05, 0) is 45.9 Å². The normalized spacial score (nSPS) is 12.7. The number of halogens is 2. The molecule has 1 amide bonds. The van der Waals surface area contributed by atoms with E-state index in [0.29, 0.717) is 0 Å². The van der Waals surface area contributed by atoms with Gasteiger partial charge in [0.2, 0.25) is 0 Å². The summed E-state index contributed by atoms with van der Waals surface area (Å²) in [6, 6.07) is 1.55. The summed E-state index contributed by atoms with van der Waals surface area (Å²) in [7, 11) is 0. The van der Waals surface area contributed by atoms with Gasteiger partial charge in [0.05, 0.1) is 11.6 Å². The van der Waals surface area contributed by atoms with Crippen LogP contribution in [0.25, 0.3) is 0 Å². The summed E-state index contributed by atoms with van der Waals surface area (Å²) in [6.45, 7) is 6.39. The summed E-state index contributed by atoms with van der Waals surface area (Å²) >= 11 is 0. The Labute approximate surface area is 116 Å². The first-order valence-electron chi connectivity index (χ1n) is 6.09. The topological polar surface area (TPSA) is 55.4 Å². The molecule has 0 aliphatic heterocycles. The predicted octanol–water partition coefficient (Wildman–Crippen LogP) is 3.06. The van der Waals surface area contributed by atoms with E-state index in [0.717, 1.165) is 18.2 Å². The third-order valence-electron chi connectivity index (χ3n) is 2.32. The molecule has 20 heavy (non-hydrogen) atoms. The molecule has 110 valence electrons. The molecule has 0 fully saturated rings. The van der Waals surface area contributed by atoms with Crippen LogP contribution in [-0.4, -0.2) is 23.5 Å². The zero-order chi connectivity index (χ0) is 15.5. The summed E-state index contributed by atoms with van der Waals surface area (Å²) in [5.74, 6) is -2.29. The highest BCUT2D eigenvalue weighted by molar-refractivity contribution is 6.01. The molecule has 1 N–H and O–H groups in total. The quantitative estimate of drug-likeness (QED) is 0.868. The molecule has 0 saturated carbocycles. The molecule has 1 aromatic rings. The highest BCUT2D eigenvalue weighted by Gasteiger charge is 2.23. The van der Waals surface area contributed by atoms with Crippen molar-refractivity contribution in [1.29, 1.82) is 0 Å². The van der Waals surface area contributed by atoms with Crippen LogP contribution < -0.4 is 5.32 Å². The van der Waals surface area contributed by atoms with Gasteiger partial charge in [-0.3, -0.25) is 4.79 Å². The number of amides is 1. The molecular formula is C14H17F2NO3. The van der Waals surface area contributed by atoms with Crippen molar-refractivity contribution in [3.05, 3.63) is 35.4 Å². The first kappa shape index (κ1) is 16.1. The fourth-order valence-electron chi connectivity index (χ4n) is 1.47. The molecule has 1 aromatic carbocycles. The fraction of sp³-hybridized carbons (Fsp3) is 0.429. The standard InChI is InChI=1S/C14H17F2NO3/c1-8(17-13(19)20-14(2,3)4)12(18)10-7-9(15)5-6-11(10)16/h5-8H,1-4H3,(H,17,19). The highest BCUT2D eigenvalue weighted by Crippen LogP contribution is 2.13. The summed E-state index contributed by atoms with van der Waals surface area (Å²) in [4.78, 5) is 23.4. The highest BCUT2D eigenvalue weighted by atomic mass is 19.1. The van der Waals surface area contributed by atoms with E-state index in [1.54, 1.807) is 20.8 Å². The van der Waals surface area contributed by atoms with Crippen LogP contribution in [0.4, 0.5) is 13.6 Å². The van der Waals surface area contributed by atoms with Crippen LogP contribution in [-0.2, 0) is 4.74 Å². The zero-order valence-electron chi connectivity index (χ0n) is 11.8. The minimum Gasteiger partial charge on any atom is -0.444 e. The lowest BCUT2D eigenvalue weighted by molar-refractivity contribution is 0.0496. The van der Waals surface area contributed by atoms with Crippen LogP contribution in [0.5, 0.6) is 0 Å². The number of carbonyl (C=O) groups is 2. The van der Waals surface area contributed by atoms with Gasteiger partial charge in [0.25, 0.3) is 0 Å². The third kappa shape index (κ3) is 4.60. The second kappa shape index (κ2) is 5.98. The van der Waals surface area contributed by atoms with Crippen molar-refractivity contribution in [3.8, 4) is 0 Å². The van der Waals surface area contributed by atoms with Crippen molar-refractivity contribution < 1.29 is 23.1 Å². The molecule has 1 unspecified atom stereocenters. The van der Waals surface area contributed by atoms with Crippen LogP contribution in [0.1, 0.15) is 38.1 Å². The molecule has 0 bridgehead atoms. The van der Waals surface area contributed by atoms with Crippen molar-refractivity contribution in [2.45, 2.75) is 39.3 Å². The van der Waals surface area contributed by atoms with Gasteiger partial charge in [-0.2, -0.15) is 0 Å². The lowest BCUT2D eigenvalue weighted by atomic mass is 10.0. The van der Waals surface area contributed by atoms with Gasteiger partial charge in [0.1, 0.15) is 17.2 Å². The summed E-state index contributed by atoms with van der Waals surface area (Å²) < 4.78 is 31.5. The summed E-state index contributed by atoms with van der Waals surface area (Å²) in [5.41, 5.74) is -1.12. The maximum atomic E-state index is 13.5. The molecule has 0 spiro atoms. The zero-order valence-corrected chi connectivity index (χ0v) is 11.8. The number of hydrogen-bond donors (Lipinski definition) is 1. The molecule has 0 radical (unpaired) electrons. The van der Waals surface area contributed by atoms with Gasteiger partial charge in [-0.15, -0.1) is 0 Å². The molecule has 6 heteroatoms. The number of carbonyl (C=O) groups excluding carboxylic acids is 2. The van der Waals surface area contributed by atoms with Gasteiger partial charge in [-0.1, -0.05) is 0 Å². The maximum absolute atomic E-state index is 13.5. The lowest BCUT2D eigenvalue weighted by Crippen LogP contribution is -2.42. The Kier molecular flexibility index (Phi) is 4.81. The molecular weight excluding hydrogens is 268 g/mol. The second-order valence-electron chi connectivity index (χ2n) is 5.36. The first-order chi connectivity index (χ1) is 9.10. The number of alkyl carbamates (subject to hydrolysis) is 1. The van der Waals surface area contributed by atoms with E-state index < -0.39 is 40.7 Å². The molecule has 0 aliphatic carbocycles. The molecule has 0 heterocycles. The van der Waals surface area contributed by atoms with Crippen LogP contribution in [0.2, 0.25) is 0 Å². The van der Waals surface area contributed by atoms with Gasteiger partial charge in [-0.25, -0.2) is 13.6 Å².